The largest absolute Gasteiger partial charge is 0.497 e. The molecule has 0 aliphatic rings. The minimum Gasteiger partial charge on any atom is -0.497 e. The van der Waals surface area contributed by atoms with Gasteiger partial charge in [-0.25, -0.2) is 4.98 Å². The highest BCUT2D eigenvalue weighted by atomic mass is 16.5. The summed E-state index contributed by atoms with van der Waals surface area (Å²) >= 11 is 0. The minimum absolute atomic E-state index is 0.0534. The van der Waals surface area contributed by atoms with Crippen molar-refractivity contribution in [2.75, 3.05) is 14.2 Å². The van der Waals surface area contributed by atoms with Gasteiger partial charge in [0.25, 0.3) is 5.91 Å². The van der Waals surface area contributed by atoms with Gasteiger partial charge in [-0.3, -0.25) is 4.79 Å². The molecule has 2 heterocycles. The fourth-order valence-corrected chi connectivity index (χ4v) is 2.62. The lowest BCUT2D eigenvalue weighted by molar-refractivity contribution is 0.0942. The summed E-state index contributed by atoms with van der Waals surface area (Å²) < 4.78 is 21.4. The molecule has 0 aliphatic heterocycles. The minimum atomic E-state index is -0.357. The van der Waals surface area contributed by atoms with Gasteiger partial charge in [-0.05, 0) is 37.6 Å². The second-order valence-electron chi connectivity index (χ2n) is 6.50. The number of nitrogens with zero attached hydrogens (tertiary/aromatic N) is 2. The third-order valence-electron chi connectivity index (χ3n) is 4.02. The van der Waals surface area contributed by atoms with E-state index in [1.165, 1.54) is 0 Å². The number of carbonyl (C=O) groups is 1. The summed E-state index contributed by atoms with van der Waals surface area (Å²) in [6.07, 6.45) is 1.71. The quantitative estimate of drug-likeness (QED) is 0.622. The molecule has 29 heavy (non-hydrogen) atoms. The van der Waals surface area contributed by atoms with E-state index in [-0.39, 0.29) is 17.7 Å². The molecule has 0 bridgehead atoms. The third kappa shape index (κ3) is 5.04. The Hall–Kier alpha value is -3.55. The van der Waals surface area contributed by atoms with E-state index in [1.54, 1.807) is 50.7 Å². The van der Waals surface area contributed by atoms with E-state index in [9.17, 15) is 4.79 Å². The maximum Gasteiger partial charge on any atom is 0.273 e. The summed E-state index contributed by atoms with van der Waals surface area (Å²) in [5.41, 5.74) is 1.65. The predicted octanol–water partition coefficient (Wildman–Crippen LogP) is 3.47. The first-order valence-electron chi connectivity index (χ1n) is 9.09. The number of carbonyl (C=O) groups excluding carboxylic acids is 1. The highest BCUT2D eigenvalue weighted by molar-refractivity contribution is 5.93. The summed E-state index contributed by atoms with van der Waals surface area (Å²) in [7, 11) is 3.13. The Morgan fingerprint density at radius 2 is 1.97 bits per heavy atom. The van der Waals surface area contributed by atoms with Gasteiger partial charge in [0.15, 0.2) is 11.5 Å². The number of benzene rings is 1. The van der Waals surface area contributed by atoms with Gasteiger partial charge in [-0.2, -0.15) is 0 Å². The molecular formula is C21H23N3O5. The normalized spacial score (nSPS) is 10.7. The molecule has 8 heteroatoms. The van der Waals surface area contributed by atoms with Crippen LogP contribution in [-0.4, -0.2) is 36.4 Å². The van der Waals surface area contributed by atoms with Crippen LogP contribution in [0.5, 0.6) is 17.4 Å². The molecule has 1 N–H and O–H groups in total. The Morgan fingerprint density at radius 1 is 1.14 bits per heavy atom. The molecular weight excluding hydrogens is 374 g/mol. The zero-order valence-corrected chi connectivity index (χ0v) is 16.8. The van der Waals surface area contributed by atoms with Crippen LogP contribution in [0.15, 0.2) is 47.1 Å². The van der Waals surface area contributed by atoms with Crippen molar-refractivity contribution in [2.24, 2.45) is 0 Å². The fraction of sp³-hybridized carbons (Fsp3) is 0.286. The number of amides is 1. The number of pyridine rings is 1. The molecule has 0 saturated carbocycles. The number of methoxy groups -OCH3 is 2. The molecule has 2 aromatic heterocycles. The Balaban J connectivity index is 1.67. The molecule has 1 aromatic carbocycles. The van der Waals surface area contributed by atoms with Gasteiger partial charge in [-0.15, -0.1) is 0 Å². The van der Waals surface area contributed by atoms with Gasteiger partial charge >= 0.3 is 0 Å². The van der Waals surface area contributed by atoms with Gasteiger partial charge < -0.3 is 24.1 Å². The van der Waals surface area contributed by atoms with Crippen molar-refractivity contribution in [3.63, 3.8) is 0 Å². The first-order valence-corrected chi connectivity index (χ1v) is 9.09. The van der Waals surface area contributed by atoms with Crippen LogP contribution in [0.3, 0.4) is 0 Å². The molecule has 0 saturated heterocycles. The van der Waals surface area contributed by atoms with Crippen molar-refractivity contribution in [2.45, 2.75) is 26.5 Å². The summed E-state index contributed by atoms with van der Waals surface area (Å²) in [6, 6.07) is 10.5. The molecule has 0 unspecified atom stereocenters. The molecule has 3 aromatic rings. The van der Waals surface area contributed by atoms with Crippen molar-refractivity contribution in [3.8, 4) is 28.7 Å². The van der Waals surface area contributed by atoms with E-state index in [0.29, 0.717) is 35.2 Å². The Bertz CT molecular complexity index is 967. The molecule has 8 nitrogen and oxygen atoms in total. The number of ether oxygens (including phenoxy) is 3. The van der Waals surface area contributed by atoms with Crippen LogP contribution in [-0.2, 0) is 6.54 Å². The lowest BCUT2D eigenvalue weighted by Crippen LogP contribution is -2.23. The van der Waals surface area contributed by atoms with Gasteiger partial charge in [-0.1, -0.05) is 11.2 Å². The van der Waals surface area contributed by atoms with E-state index < -0.39 is 0 Å². The number of hydrogen-bond donors (Lipinski definition) is 1. The van der Waals surface area contributed by atoms with E-state index in [1.807, 2.05) is 19.9 Å². The van der Waals surface area contributed by atoms with Crippen LogP contribution < -0.4 is 19.5 Å². The molecule has 0 radical (unpaired) electrons. The molecule has 0 fully saturated rings. The van der Waals surface area contributed by atoms with E-state index in [2.05, 4.69) is 15.5 Å². The highest BCUT2D eigenvalue weighted by Crippen LogP contribution is 2.33. The second kappa shape index (κ2) is 9.09. The van der Waals surface area contributed by atoms with Crippen LogP contribution in [0.25, 0.3) is 11.3 Å². The van der Waals surface area contributed by atoms with Crippen LogP contribution in [0.2, 0.25) is 0 Å². The number of hydrogen-bond acceptors (Lipinski definition) is 7. The molecule has 0 aliphatic carbocycles. The molecule has 1 amide bonds. The van der Waals surface area contributed by atoms with Crippen LogP contribution in [0.1, 0.15) is 29.9 Å². The predicted molar refractivity (Wildman–Crippen MR) is 106 cm³/mol. The standard InChI is InChI=1S/C21H23N3O5/c1-13(2)28-20-8-5-14(11-22-20)12-23-21(25)17-10-19(29-24-17)16-9-15(26-3)6-7-18(16)27-4/h5-11,13H,12H2,1-4H3,(H,23,25). The molecule has 3 rings (SSSR count). The lowest BCUT2D eigenvalue weighted by atomic mass is 10.1. The van der Waals surface area contributed by atoms with Crippen LogP contribution in [0.4, 0.5) is 0 Å². The van der Waals surface area contributed by atoms with Gasteiger partial charge in [0, 0.05) is 24.9 Å². The monoisotopic (exact) mass is 397 g/mol. The van der Waals surface area contributed by atoms with Crippen molar-refractivity contribution < 1.29 is 23.5 Å². The summed E-state index contributed by atoms with van der Waals surface area (Å²) in [6.45, 7) is 4.17. The highest BCUT2D eigenvalue weighted by Gasteiger charge is 2.17. The Labute approximate surface area is 168 Å². The molecule has 0 spiro atoms. The zero-order chi connectivity index (χ0) is 20.8. The van der Waals surface area contributed by atoms with Gasteiger partial charge in [0.05, 0.1) is 25.9 Å². The number of aromatic nitrogens is 2. The van der Waals surface area contributed by atoms with E-state index in [4.69, 9.17) is 18.7 Å². The van der Waals surface area contributed by atoms with E-state index in [0.717, 1.165) is 5.56 Å². The maximum absolute atomic E-state index is 12.4. The van der Waals surface area contributed by atoms with Gasteiger partial charge in [0.2, 0.25) is 5.88 Å². The topological polar surface area (TPSA) is 95.7 Å². The zero-order valence-electron chi connectivity index (χ0n) is 16.8. The average molecular weight is 397 g/mol. The Morgan fingerprint density at radius 3 is 2.62 bits per heavy atom. The van der Waals surface area contributed by atoms with E-state index >= 15 is 0 Å². The molecule has 152 valence electrons. The summed E-state index contributed by atoms with van der Waals surface area (Å²) in [5, 5.41) is 6.66. The van der Waals surface area contributed by atoms with Crippen LogP contribution in [0, 0.1) is 0 Å². The smallest absolute Gasteiger partial charge is 0.273 e. The summed E-state index contributed by atoms with van der Waals surface area (Å²) in [5.74, 6) is 1.82. The van der Waals surface area contributed by atoms with Gasteiger partial charge in [0.1, 0.15) is 11.5 Å². The SMILES string of the molecule is COc1ccc(OC)c(-c2cc(C(=O)NCc3ccc(OC(C)C)nc3)no2)c1. The summed E-state index contributed by atoms with van der Waals surface area (Å²) in [4.78, 5) is 16.6. The first kappa shape index (κ1) is 20.2. The lowest BCUT2D eigenvalue weighted by Gasteiger charge is -2.09. The Kier molecular flexibility index (Phi) is 6.33. The number of nitrogens with one attached hydrogen (secondary N) is 1. The second-order valence-corrected chi connectivity index (χ2v) is 6.50. The van der Waals surface area contributed by atoms with Crippen molar-refractivity contribution in [1.29, 1.82) is 0 Å². The molecule has 0 atom stereocenters. The maximum atomic E-state index is 12.4. The fourth-order valence-electron chi connectivity index (χ4n) is 2.62. The van der Waals surface area contributed by atoms with Crippen LogP contribution >= 0.6 is 0 Å². The number of rotatable bonds is 8. The van der Waals surface area contributed by atoms with Crippen molar-refractivity contribution >= 4 is 5.91 Å². The first-order chi connectivity index (χ1) is 14.0. The average Bonchev–Trinajstić information content (AvgIpc) is 3.22. The van der Waals surface area contributed by atoms with Crippen molar-refractivity contribution in [1.82, 2.24) is 15.5 Å². The van der Waals surface area contributed by atoms with Crippen molar-refractivity contribution in [3.05, 3.63) is 53.9 Å². The third-order valence-corrected chi connectivity index (χ3v) is 4.02.